The van der Waals surface area contributed by atoms with Crippen LogP contribution in [0.3, 0.4) is 0 Å². The fraction of sp³-hybridized carbons (Fsp3) is 0.276. The van der Waals surface area contributed by atoms with Gasteiger partial charge in [-0.15, -0.1) is 0 Å². The maximum atomic E-state index is 12.7. The summed E-state index contributed by atoms with van der Waals surface area (Å²) in [6, 6.07) is 24.2. The van der Waals surface area contributed by atoms with Crippen molar-refractivity contribution in [2.75, 3.05) is 25.0 Å². The molecule has 0 radical (unpaired) electrons. The summed E-state index contributed by atoms with van der Waals surface area (Å²) in [5.41, 5.74) is 3.01. The van der Waals surface area contributed by atoms with Crippen LogP contribution < -0.4 is 15.4 Å². The van der Waals surface area contributed by atoms with Gasteiger partial charge < -0.3 is 15.0 Å². The van der Waals surface area contributed by atoms with E-state index in [0.29, 0.717) is 29.2 Å². The molecule has 6 nitrogen and oxygen atoms in total. The Labute approximate surface area is 218 Å². The average Bonchev–Trinajstić information content (AvgIpc) is 2.89. The molecule has 3 aromatic rings. The Morgan fingerprint density at radius 2 is 1.44 bits per heavy atom. The van der Waals surface area contributed by atoms with E-state index in [1.165, 1.54) is 5.56 Å². The highest BCUT2D eigenvalue weighted by molar-refractivity contribution is 7.80. The van der Waals surface area contributed by atoms with Gasteiger partial charge in [0.15, 0.2) is 5.11 Å². The molecule has 0 atom stereocenters. The topological polar surface area (TPSA) is 70.7 Å². The molecular weight excluding hydrogens is 470 g/mol. The van der Waals surface area contributed by atoms with Crippen molar-refractivity contribution in [1.82, 2.24) is 10.2 Å². The highest BCUT2D eigenvalue weighted by atomic mass is 32.1. The number of ether oxygens (including phenoxy) is 1. The minimum absolute atomic E-state index is 0.0219. The smallest absolute Gasteiger partial charge is 0.257 e. The zero-order chi connectivity index (χ0) is 25.8. The van der Waals surface area contributed by atoms with E-state index in [0.717, 1.165) is 32.4 Å². The third-order valence-corrected chi connectivity index (χ3v) is 5.71. The zero-order valence-corrected chi connectivity index (χ0v) is 21.6. The summed E-state index contributed by atoms with van der Waals surface area (Å²) in [6.45, 7) is 6.16. The van der Waals surface area contributed by atoms with Crippen LogP contribution in [0.1, 0.15) is 53.0 Å². The Kier molecular flexibility index (Phi) is 10.5. The van der Waals surface area contributed by atoms with Crippen molar-refractivity contribution in [3.8, 4) is 5.75 Å². The number of thiocarbonyl (C=S) groups is 1. The quantitative estimate of drug-likeness (QED) is 0.329. The first kappa shape index (κ1) is 26.9. The van der Waals surface area contributed by atoms with Gasteiger partial charge in [0, 0.05) is 36.3 Å². The molecule has 0 bridgehead atoms. The summed E-state index contributed by atoms with van der Waals surface area (Å²) in [5.74, 6) is 0.410. The molecule has 0 aliphatic rings. The molecule has 36 heavy (non-hydrogen) atoms. The minimum atomic E-state index is -0.315. The Hall–Kier alpha value is -3.71. The number of anilines is 1. The summed E-state index contributed by atoms with van der Waals surface area (Å²) in [5, 5.41) is 5.86. The second-order valence-electron chi connectivity index (χ2n) is 8.39. The Bertz CT molecular complexity index is 1130. The first-order valence-electron chi connectivity index (χ1n) is 12.3. The predicted octanol–water partition coefficient (Wildman–Crippen LogP) is 5.70. The van der Waals surface area contributed by atoms with Crippen LogP contribution in [-0.2, 0) is 6.42 Å². The first-order valence-corrected chi connectivity index (χ1v) is 12.7. The Balaban J connectivity index is 1.47. The van der Waals surface area contributed by atoms with Crippen molar-refractivity contribution in [2.24, 2.45) is 0 Å². The highest BCUT2D eigenvalue weighted by Crippen LogP contribution is 2.14. The molecule has 0 unspecified atom stereocenters. The molecule has 0 spiro atoms. The van der Waals surface area contributed by atoms with Gasteiger partial charge in [0.2, 0.25) is 0 Å². The van der Waals surface area contributed by atoms with E-state index in [1.54, 1.807) is 48.5 Å². The fourth-order valence-corrected chi connectivity index (χ4v) is 3.92. The molecule has 0 heterocycles. The monoisotopic (exact) mass is 503 g/mol. The van der Waals surface area contributed by atoms with Gasteiger partial charge >= 0.3 is 0 Å². The number of nitrogens with one attached hydrogen (secondary N) is 2. The van der Waals surface area contributed by atoms with Crippen molar-refractivity contribution in [1.29, 1.82) is 0 Å². The van der Waals surface area contributed by atoms with Gasteiger partial charge in [-0.25, -0.2) is 0 Å². The summed E-state index contributed by atoms with van der Waals surface area (Å²) < 4.78 is 5.78. The Morgan fingerprint density at radius 3 is 2.06 bits per heavy atom. The van der Waals surface area contributed by atoms with Gasteiger partial charge in [-0.2, -0.15) is 0 Å². The van der Waals surface area contributed by atoms with E-state index in [1.807, 2.05) is 23.1 Å². The third-order valence-electron chi connectivity index (χ3n) is 5.51. The molecule has 7 heteroatoms. The SMILES string of the molecule is CCCN(CCC)C(=O)c1ccc(NC(=S)NC(=O)c2ccc(OCCc3ccccc3)cc2)cc1. The number of nitrogens with zero attached hydrogens (tertiary/aromatic N) is 1. The largest absolute Gasteiger partial charge is 0.493 e. The molecule has 0 fully saturated rings. The molecule has 3 rings (SSSR count). The van der Waals surface area contributed by atoms with Crippen molar-refractivity contribution >= 4 is 34.8 Å². The summed E-state index contributed by atoms with van der Waals surface area (Å²) in [4.78, 5) is 27.2. The molecule has 0 aliphatic heterocycles. The lowest BCUT2D eigenvalue weighted by Gasteiger charge is -2.21. The van der Waals surface area contributed by atoms with Crippen LogP contribution >= 0.6 is 12.2 Å². The number of hydrogen-bond donors (Lipinski definition) is 2. The van der Waals surface area contributed by atoms with Gasteiger partial charge in [-0.1, -0.05) is 44.2 Å². The number of benzene rings is 3. The van der Waals surface area contributed by atoms with Crippen LogP contribution in [0.4, 0.5) is 5.69 Å². The number of hydrogen-bond acceptors (Lipinski definition) is 4. The summed E-state index contributed by atoms with van der Waals surface area (Å²) in [7, 11) is 0. The van der Waals surface area contributed by atoms with Gasteiger partial charge in [-0.3, -0.25) is 14.9 Å². The molecule has 3 aromatic carbocycles. The van der Waals surface area contributed by atoms with Gasteiger partial charge in [0.05, 0.1) is 6.61 Å². The van der Waals surface area contributed by atoms with Crippen molar-refractivity contribution < 1.29 is 14.3 Å². The molecule has 188 valence electrons. The minimum Gasteiger partial charge on any atom is -0.493 e. The fourth-order valence-electron chi connectivity index (χ4n) is 3.71. The maximum Gasteiger partial charge on any atom is 0.257 e. The normalized spacial score (nSPS) is 10.4. The van der Waals surface area contributed by atoms with E-state index in [4.69, 9.17) is 17.0 Å². The van der Waals surface area contributed by atoms with E-state index in [-0.39, 0.29) is 16.9 Å². The standard InChI is InChI=1S/C29H33N3O3S/c1-3-19-32(20-4-2)28(34)24-10-14-25(15-11-24)30-29(36)31-27(33)23-12-16-26(17-13-23)35-21-18-22-8-6-5-7-9-22/h5-17H,3-4,18-21H2,1-2H3,(H2,30,31,33,36). The number of rotatable bonds is 11. The van der Waals surface area contributed by atoms with E-state index < -0.39 is 0 Å². The second kappa shape index (κ2) is 14.0. The molecule has 0 saturated heterocycles. The third kappa shape index (κ3) is 8.20. The molecule has 2 N–H and O–H groups in total. The van der Waals surface area contributed by atoms with Crippen LogP contribution in [0.15, 0.2) is 78.9 Å². The molecular formula is C29H33N3O3S. The van der Waals surface area contributed by atoms with Gasteiger partial charge in [0.25, 0.3) is 11.8 Å². The van der Waals surface area contributed by atoms with Crippen LogP contribution in [-0.4, -0.2) is 41.5 Å². The van der Waals surface area contributed by atoms with E-state index >= 15 is 0 Å². The number of carbonyl (C=O) groups excluding carboxylic acids is 2. The van der Waals surface area contributed by atoms with Crippen molar-refractivity contribution in [2.45, 2.75) is 33.1 Å². The molecule has 2 amide bonds. The lowest BCUT2D eigenvalue weighted by Crippen LogP contribution is -2.34. The molecule has 0 aliphatic carbocycles. The Morgan fingerprint density at radius 1 is 0.833 bits per heavy atom. The summed E-state index contributed by atoms with van der Waals surface area (Å²) in [6.07, 6.45) is 2.65. The lowest BCUT2D eigenvalue weighted by molar-refractivity contribution is 0.0755. The number of amides is 2. The maximum absolute atomic E-state index is 12.7. The van der Waals surface area contributed by atoms with Gasteiger partial charge in [-0.05, 0) is 79.2 Å². The molecule has 0 saturated carbocycles. The van der Waals surface area contributed by atoms with Crippen LogP contribution in [0, 0.1) is 0 Å². The number of carbonyl (C=O) groups is 2. The highest BCUT2D eigenvalue weighted by Gasteiger charge is 2.14. The van der Waals surface area contributed by atoms with Crippen LogP contribution in [0.2, 0.25) is 0 Å². The lowest BCUT2D eigenvalue weighted by atomic mass is 10.1. The van der Waals surface area contributed by atoms with Crippen molar-refractivity contribution in [3.05, 3.63) is 95.6 Å². The van der Waals surface area contributed by atoms with Gasteiger partial charge in [0.1, 0.15) is 5.75 Å². The summed E-state index contributed by atoms with van der Waals surface area (Å²) >= 11 is 5.29. The van der Waals surface area contributed by atoms with E-state index in [2.05, 4.69) is 36.6 Å². The zero-order valence-electron chi connectivity index (χ0n) is 20.8. The van der Waals surface area contributed by atoms with Crippen LogP contribution in [0.25, 0.3) is 0 Å². The second-order valence-corrected chi connectivity index (χ2v) is 8.79. The van der Waals surface area contributed by atoms with Crippen LogP contribution in [0.5, 0.6) is 5.75 Å². The average molecular weight is 504 g/mol. The predicted molar refractivity (Wildman–Crippen MR) is 149 cm³/mol. The first-order chi connectivity index (χ1) is 17.5. The van der Waals surface area contributed by atoms with E-state index in [9.17, 15) is 9.59 Å². The van der Waals surface area contributed by atoms with Crippen molar-refractivity contribution in [3.63, 3.8) is 0 Å². The molecule has 0 aromatic heterocycles.